The average molecular weight is 321 g/mol. The van der Waals surface area contributed by atoms with Crippen molar-refractivity contribution < 1.29 is 14.6 Å². The first kappa shape index (κ1) is 19.5. The van der Waals surface area contributed by atoms with Gasteiger partial charge in [-0.2, -0.15) is 0 Å². The molecule has 1 aromatic rings. The first-order chi connectivity index (χ1) is 10.7. The molecule has 2 N–H and O–H groups in total. The van der Waals surface area contributed by atoms with E-state index in [4.69, 9.17) is 4.74 Å². The Labute approximate surface area is 140 Å². The number of hydrogen-bond acceptors (Lipinski definition) is 3. The minimum Gasteiger partial charge on any atom is -0.444 e. The van der Waals surface area contributed by atoms with Gasteiger partial charge < -0.3 is 15.2 Å². The van der Waals surface area contributed by atoms with Crippen molar-refractivity contribution in [2.45, 2.75) is 59.5 Å². The lowest BCUT2D eigenvalue weighted by molar-refractivity contribution is 0.0461. The Balaban J connectivity index is 2.72. The highest BCUT2D eigenvalue weighted by molar-refractivity contribution is 5.67. The molecule has 0 saturated carbocycles. The highest BCUT2D eigenvalue weighted by Gasteiger charge is 2.29. The number of aliphatic hydroxyl groups excluding tert-OH is 1. The Morgan fingerprint density at radius 2 is 1.70 bits per heavy atom. The van der Waals surface area contributed by atoms with E-state index < -0.39 is 11.7 Å². The first-order valence-corrected chi connectivity index (χ1v) is 8.39. The van der Waals surface area contributed by atoms with Gasteiger partial charge in [-0.05, 0) is 51.2 Å². The second-order valence-electron chi connectivity index (χ2n) is 7.21. The van der Waals surface area contributed by atoms with Crippen molar-refractivity contribution in [3.05, 3.63) is 35.4 Å². The van der Waals surface area contributed by atoms with E-state index in [1.54, 1.807) is 0 Å². The smallest absolute Gasteiger partial charge is 0.407 e. The number of hydrogen-bond donors (Lipinski definition) is 2. The molecule has 0 aliphatic heterocycles. The van der Waals surface area contributed by atoms with Gasteiger partial charge in [-0.15, -0.1) is 0 Å². The van der Waals surface area contributed by atoms with E-state index >= 15 is 0 Å². The lowest BCUT2D eigenvalue weighted by Crippen LogP contribution is -2.43. The van der Waals surface area contributed by atoms with Gasteiger partial charge in [-0.3, -0.25) is 0 Å². The van der Waals surface area contributed by atoms with Crippen LogP contribution in [0.25, 0.3) is 0 Å². The van der Waals surface area contributed by atoms with Gasteiger partial charge in [0.1, 0.15) is 5.60 Å². The van der Waals surface area contributed by atoms with E-state index in [-0.39, 0.29) is 12.0 Å². The van der Waals surface area contributed by atoms with Crippen molar-refractivity contribution in [2.24, 2.45) is 5.41 Å². The van der Waals surface area contributed by atoms with Gasteiger partial charge in [0, 0.05) is 12.0 Å². The first-order valence-electron chi connectivity index (χ1n) is 8.39. The minimum absolute atomic E-state index is 0.0226. The van der Waals surface area contributed by atoms with Crippen LogP contribution in [-0.4, -0.2) is 30.0 Å². The van der Waals surface area contributed by atoms with Gasteiger partial charge >= 0.3 is 6.09 Å². The SMILES string of the molecule is CCc1ccc(CC(CC)(CO)CNC(=O)OC(C)(C)C)cc1. The number of rotatable bonds is 7. The van der Waals surface area contributed by atoms with Crippen LogP contribution in [0.2, 0.25) is 0 Å². The third-order valence-corrected chi connectivity index (χ3v) is 4.10. The summed E-state index contributed by atoms with van der Waals surface area (Å²) in [6, 6.07) is 8.45. The maximum absolute atomic E-state index is 11.9. The van der Waals surface area contributed by atoms with Gasteiger partial charge in [-0.1, -0.05) is 38.1 Å². The van der Waals surface area contributed by atoms with E-state index in [1.807, 2.05) is 27.7 Å². The van der Waals surface area contributed by atoms with E-state index in [0.29, 0.717) is 6.54 Å². The van der Waals surface area contributed by atoms with Crippen molar-refractivity contribution in [3.8, 4) is 0 Å². The van der Waals surface area contributed by atoms with Crippen LogP contribution in [0.4, 0.5) is 4.79 Å². The highest BCUT2D eigenvalue weighted by atomic mass is 16.6. The lowest BCUT2D eigenvalue weighted by atomic mass is 9.79. The molecule has 1 unspecified atom stereocenters. The molecule has 4 nitrogen and oxygen atoms in total. The third-order valence-electron chi connectivity index (χ3n) is 4.10. The summed E-state index contributed by atoms with van der Waals surface area (Å²) in [5.41, 5.74) is 1.58. The highest BCUT2D eigenvalue weighted by Crippen LogP contribution is 2.26. The van der Waals surface area contributed by atoms with Crippen LogP contribution in [0.3, 0.4) is 0 Å². The predicted molar refractivity (Wildman–Crippen MR) is 93.6 cm³/mol. The minimum atomic E-state index is -0.520. The number of aliphatic hydroxyl groups is 1. The predicted octanol–water partition coefficient (Wildman–Crippen LogP) is 3.70. The quantitative estimate of drug-likeness (QED) is 0.805. The molecule has 1 aromatic carbocycles. The molecule has 0 radical (unpaired) electrons. The molecule has 0 bridgehead atoms. The number of ether oxygens (including phenoxy) is 1. The zero-order chi connectivity index (χ0) is 17.5. The summed E-state index contributed by atoms with van der Waals surface area (Å²) in [7, 11) is 0. The van der Waals surface area contributed by atoms with Gasteiger partial charge in [0.15, 0.2) is 0 Å². The summed E-state index contributed by atoms with van der Waals surface area (Å²) in [6.45, 7) is 10.1. The number of carbonyl (C=O) groups excluding carboxylic acids is 1. The van der Waals surface area contributed by atoms with Crippen LogP contribution in [0.1, 0.15) is 52.2 Å². The number of carbonyl (C=O) groups is 1. The van der Waals surface area contributed by atoms with E-state index in [9.17, 15) is 9.90 Å². The molecule has 0 aliphatic rings. The van der Waals surface area contributed by atoms with Crippen LogP contribution in [0.15, 0.2) is 24.3 Å². The number of benzene rings is 1. The maximum atomic E-state index is 11.9. The molecule has 0 saturated heterocycles. The van der Waals surface area contributed by atoms with E-state index in [0.717, 1.165) is 19.3 Å². The fourth-order valence-electron chi connectivity index (χ4n) is 2.44. The Morgan fingerprint density at radius 1 is 1.13 bits per heavy atom. The number of aryl methyl sites for hydroxylation is 1. The molecule has 0 aliphatic carbocycles. The topological polar surface area (TPSA) is 58.6 Å². The number of alkyl carbamates (subject to hydrolysis) is 1. The standard InChI is InChI=1S/C19H31NO3/c1-6-15-8-10-16(11-9-15)12-19(7-2,14-21)13-20-17(22)23-18(3,4)5/h8-11,21H,6-7,12-14H2,1-5H3,(H,20,22). The van der Waals surface area contributed by atoms with Gasteiger partial charge in [0.25, 0.3) is 0 Å². The van der Waals surface area contributed by atoms with Crippen molar-refractivity contribution in [3.63, 3.8) is 0 Å². The normalized spacial score (nSPS) is 14.2. The van der Waals surface area contributed by atoms with Gasteiger partial charge in [0.2, 0.25) is 0 Å². The molecule has 0 fully saturated rings. The second-order valence-corrected chi connectivity index (χ2v) is 7.21. The molecule has 4 heteroatoms. The van der Waals surface area contributed by atoms with Gasteiger partial charge in [-0.25, -0.2) is 4.79 Å². The molecule has 23 heavy (non-hydrogen) atoms. The van der Waals surface area contributed by atoms with Crippen LogP contribution in [-0.2, 0) is 17.6 Å². The molecule has 0 heterocycles. The summed E-state index contributed by atoms with van der Waals surface area (Å²) < 4.78 is 5.27. The second kappa shape index (κ2) is 8.34. The summed E-state index contributed by atoms with van der Waals surface area (Å²) >= 11 is 0. The molecule has 1 atom stereocenters. The molecule has 1 rings (SSSR count). The summed E-state index contributed by atoms with van der Waals surface area (Å²) in [5.74, 6) is 0. The van der Waals surface area contributed by atoms with Crippen LogP contribution in [0, 0.1) is 5.41 Å². The molecule has 0 aromatic heterocycles. The Hall–Kier alpha value is -1.55. The van der Waals surface area contributed by atoms with E-state index in [2.05, 4.69) is 36.5 Å². The van der Waals surface area contributed by atoms with Crippen LogP contribution in [0.5, 0.6) is 0 Å². The lowest BCUT2D eigenvalue weighted by Gasteiger charge is -2.31. The molecule has 130 valence electrons. The van der Waals surface area contributed by atoms with E-state index in [1.165, 1.54) is 11.1 Å². The Morgan fingerprint density at radius 3 is 2.13 bits per heavy atom. The molecule has 1 amide bonds. The fraction of sp³-hybridized carbons (Fsp3) is 0.632. The number of amides is 1. The summed E-state index contributed by atoms with van der Waals surface area (Å²) in [4.78, 5) is 11.9. The third kappa shape index (κ3) is 6.61. The average Bonchev–Trinajstić information content (AvgIpc) is 2.50. The van der Waals surface area contributed by atoms with Crippen molar-refractivity contribution >= 4 is 6.09 Å². The summed E-state index contributed by atoms with van der Waals surface area (Å²) in [6.07, 6.45) is 2.07. The Bertz CT molecular complexity index is 484. The monoisotopic (exact) mass is 321 g/mol. The molecular formula is C19H31NO3. The van der Waals surface area contributed by atoms with Crippen molar-refractivity contribution in [1.29, 1.82) is 0 Å². The summed E-state index contributed by atoms with van der Waals surface area (Å²) in [5, 5.41) is 12.7. The maximum Gasteiger partial charge on any atom is 0.407 e. The van der Waals surface area contributed by atoms with Crippen LogP contribution >= 0.6 is 0 Å². The molecular weight excluding hydrogens is 290 g/mol. The van der Waals surface area contributed by atoms with Crippen molar-refractivity contribution in [1.82, 2.24) is 5.32 Å². The molecule has 0 spiro atoms. The zero-order valence-electron chi connectivity index (χ0n) is 15.1. The van der Waals surface area contributed by atoms with Crippen molar-refractivity contribution in [2.75, 3.05) is 13.2 Å². The Kier molecular flexibility index (Phi) is 7.07. The largest absolute Gasteiger partial charge is 0.444 e. The van der Waals surface area contributed by atoms with Gasteiger partial charge in [0.05, 0.1) is 6.61 Å². The van der Waals surface area contributed by atoms with Crippen LogP contribution < -0.4 is 5.32 Å². The zero-order valence-corrected chi connectivity index (χ0v) is 15.1. The fourth-order valence-corrected chi connectivity index (χ4v) is 2.44. The number of nitrogens with one attached hydrogen (secondary N) is 1.